The SMILES string of the molecule is CC(N)C(=O)N1CCN(c2nc(OC[C@@H]3CCCN3C)c(C#N)c3c2CCN(c2cc(O)cc4ccccc24)C3)CC1. The Bertz CT molecular complexity index is 1530. The molecule has 2 aromatic carbocycles. The molecule has 3 aromatic rings. The number of nitriles is 1. The molecule has 4 heterocycles. The van der Waals surface area contributed by atoms with Gasteiger partial charge in [0.1, 0.15) is 29.8 Å². The van der Waals surface area contributed by atoms with Gasteiger partial charge in [0.05, 0.1) is 6.04 Å². The second kappa shape index (κ2) is 11.7. The molecular weight excluding hydrogens is 530 g/mol. The lowest BCUT2D eigenvalue weighted by atomic mass is 9.94. The number of benzene rings is 2. The molecule has 3 N–H and O–H groups in total. The van der Waals surface area contributed by atoms with Gasteiger partial charge in [-0.25, -0.2) is 0 Å². The van der Waals surface area contributed by atoms with E-state index in [1.165, 1.54) is 0 Å². The molecule has 220 valence electrons. The van der Waals surface area contributed by atoms with Crippen molar-refractivity contribution in [2.75, 3.05) is 62.7 Å². The molecule has 0 saturated carbocycles. The summed E-state index contributed by atoms with van der Waals surface area (Å²) in [6, 6.07) is 13.8. The van der Waals surface area contributed by atoms with E-state index >= 15 is 0 Å². The van der Waals surface area contributed by atoms with Crippen LogP contribution in [-0.2, 0) is 17.8 Å². The lowest BCUT2D eigenvalue weighted by Crippen LogP contribution is -2.53. The Morgan fingerprint density at radius 1 is 1.14 bits per heavy atom. The highest BCUT2D eigenvalue weighted by Gasteiger charge is 2.32. The highest BCUT2D eigenvalue weighted by atomic mass is 16.5. The van der Waals surface area contributed by atoms with Crippen LogP contribution in [0.2, 0.25) is 0 Å². The first kappa shape index (κ1) is 28.1. The number of pyridine rings is 1. The quantitative estimate of drug-likeness (QED) is 0.461. The van der Waals surface area contributed by atoms with Crippen LogP contribution < -0.4 is 20.3 Å². The second-order valence-electron chi connectivity index (χ2n) is 11.7. The normalized spacial score (nSPS) is 20.0. The number of anilines is 2. The first-order valence-corrected chi connectivity index (χ1v) is 14.9. The van der Waals surface area contributed by atoms with E-state index in [1.807, 2.05) is 29.2 Å². The van der Waals surface area contributed by atoms with E-state index in [0.717, 1.165) is 59.3 Å². The molecule has 3 aliphatic heterocycles. The standard InChI is InChI=1S/C32H39N7O3/c1-21(34)32(41)38-14-12-37(13-15-38)30-26-9-11-39(29-17-24(40)16-22-6-3-4-8-25(22)29)19-28(26)27(18-33)31(35-30)42-20-23-7-5-10-36(23)2/h3-4,6,8,16-17,21,23,40H,5,7,9-15,19-20,34H2,1-2H3/t21?,23-/m0/s1. The van der Waals surface area contributed by atoms with Crippen LogP contribution in [0.25, 0.3) is 10.8 Å². The molecule has 0 radical (unpaired) electrons. The molecule has 2 saturated heterocycles. The zero-order chi connectivity index (χ0) is 29.4. The maximum atomic E-state index is 12.5. The number of nitrogens with two attached hydrogens (primary N) is 1. The zero-order valence-corrected chi connectivity index (χ0v) is 24.4. The molecule has 3 aliphatic rings. The van der Waals surface area contributed by atoms with Crippen molar-refractivity contribution in [2.45, 2.75) is 44.8 Å². The largest absolute Gasteiger partial charge is 0.508 e. The molecule has 6 rings (SSSR count). The van der Waals surface area contributed by atoms with Gasteiger partial charge in [0.15, 0.2) is 0 Å². The van der Waals surface area contributed by atoms with Gasteiger partial charge in [-0.2, -0.15) is 10.2 Å². The van der Waals surface area contributed by atoms with Gasteiger partial charge in [0, 0.05) is 73.6 Å². The molecule has 0 aliphatic carbocycles. The molecule has 1 amide bonds. The number of fused-ring (bicyclic) bond motifs is 2. The van der Waals surface area contributed by atoms with Crippen molar-refractivity contribution in [1.82, 2.24) is 14.8 Å². The number of phenolic OH excluding ortho intramolecular Hbond substituents is 1. The maximum Gasteiger partial charge on any atom is 0.239 e. The molecule has 2 fully saturated rings. The number of ether oxygens (including phenoxy) is 1. The Labute approximate surface area is 246 Å². The van der Waals surface area contributed by atoms with Gasteiger partial charge in [0.25, 0.3) is 0 Å². The topological polar surface area (TPSA) is 122 Å². The predicted octanol–water partition coefficient (Wildman–Crippen LogP) is 2.84. The molecule has 0 bridgehead atoms. The number of likely N-dealkylation sites (tertiary alicyclic amines) is 1. The fourth-order valence-corrected chi connectivity index (χ4v) is 6.60. The average Bonchev–Trinajstić information content (AvgIpc) is 3.42. The summed E-state index contributed by atoms with van der Waals surface area (Å²) < 4.78 is 6.36. The summed E-state index contributed by atoms with van der Waals surface area (Å²) in [7, 11) is 2.11. The third kappa shape index (κ3) is 5.30. The van der Waals surface area contributed by atoms with Crippen LogP contribution in [0.4, 0.5) is 11.5 Å². The third-order valence-electron chi connectivity index (χ3n) is 8.98. The number of rotatable bonds is 6. The summed E-state index contributed by atoms with van der Waals surface area (Å²) in [5, 5.41) is 23.0. The van der Waals surface area contributed by atoms with Crippen molar-refractivity contribution in [2.24, 2.45) is 5.73 Å². The summed E-state index contributed by atoms with van der Waals surface area (Å²) in [5.74, 6) is 1.40. The summed E-state index contributed by atoms with van der Waals surface area (Å²) in [6.07, 6.45) is 2.89. The Kier molecular flexibility index (Phi) is 7.80. The van der Waals surface area contributed by atoms with E-state index in [-0.39, 0.29) is 11.7 Å². The van der Waals surface area contributed by atoms with E-state index in [4.69, 9.17) is 15.5 Å². The number of aromatic hydroxyl groups is 1. The summed E-state index contributed by atoms with van der Waals surface area (Å²) in [4.78, 5) is 26.1. The number of aromatic nitrogens is 1. The van der Waals surface area contributed by atoms with Gasteiger partial charge >= 0.3 is 0 Å². The number of nitrogens with zero attached hydrogens (tertiary/aromatic N) is 6. The molecule has 1 unspecified atom stereocenters. The van der Waals surface area contributed by atoms with Crippen LogP contribution in [0.3, 0.4) is 0 Å². The number of carbonyl (C=O) groups is 1. The van der Waals surface area contributed by atoms with E-state index in [0.29, 0.717) is 63.2 Å². The van der Waals surface area contributed by atoms with Crippen molar-refractivity contribution in [3.05, 3.63) is 53.1 Å². The van der Waals surface area contributed by atoms with Crippen LogP contribution in [-0.4, -0.2) is 90.8 Å². The number of amides is 1. The monoisotopic (exact) mass is 569 g/mol. The van der Waals surface area contributed by atoms with Gasteiger partial charge in [0.2, 0.25) is 11.8 Å². The fourth-order valence-electron chi connectivity index (χ4n) is 6.60. The Hall–Kier alpha value is -4.07. The van der Waals surface area contributed by atoms with E-state index in [1.54, 1.807) is 13.0 Å². The first-order chi connectivity index (χ1) is 20.3. The summed E-state index contributed by atoms with van der Waals surface area (Å²) in [5.41, 5.74) is 9.27. The van der Waals surface area contributed by atoms with Gasteiger partial charge < -0.3 is 35.2 Å². The molecule has 0 spiro atoms. The lowest BCUT2D eigenvalue weighted by molar-refractivity contribution is -0.132. The lowest BCUT2D eigenvalue weighted by Gasteiger charge is -2.39. The second-order valence-corrected chi connectivity index (χ2v) is 11.7. The molecule has 10 heteroatoms. The predicted molar refractivity (Wildman–Crippen MR) is 163 cm³/mol. The van der Waals surface area contributed by atoms with Crippen LogP contribution >= 0.6 is 0 Å². The number of carbonyl (C=O) groups excluding carboxylic acids is 1. The highest BCUT2D eigenvalue weighted by Crippen LogP contribution is 2.39. The Balaban J connectivity index is 1.37. The number of piperazine rings is 1. The van der Waals surface area contributed by atoms with Gasteiger partial charge in [-0.15, -0.1) is 0 Å². The van der Waals surface area contributed by atoms with Gasteiger partial charge in [-0.05, 0) is 51.2 Å². The Morgan fingerprint density at radius 3 is 2.64 bits per heavy atom. The van der Waals surface area contributed by atoms with Crippen LogP contribution in [0.1, 0.15) is 36.5 Å². The van der Waals surface area contributed by atoms with Crippen LogP contribution in [0, 0.1) is 11.3 Å². The number of hydrogen-bond acceptors (Lipinski definition) is 9. The third-order valence-corrected chi connectivity index (χ3v) is 8.98. The number of likely N-dealkylation sites (N-methyl/N-ethyl adjacent to an activating group) is 1. The maximum absolute atomic E-state index is 12.5. The fraction of sp³-hybridized carbons (Fsp3) is 0.469. The summed E-state index contributed by atoms with van der Waals surface area (Å²) in [6.45, 7) is 6.88. The molecule has 1 aromatic heterocycles. The van der Waals surface area contributed by atoms with Crippen molar-refractivity contribution in [1.29, 1.82) is 5.26 Å². The van der Waals surface area contributed by atoms with Gasteiger partial charge in [-0.3, -0.25) is 4.79 Å². The van der Waals surface area contributed by atoms with E-state index < -0.39 is 6.04 Å². The van der Waals surface area contributed by atoms with E-state index in [2.05, 4.69) is 33.9 Å². The zero-order valence-electron chi connectivity index (χ0n) is 24.4. The minimum Gasteiger partial charge on any atom is -0.508 e. The van der Waals surface area contributed by atoms with Crippen LogP contribution in [0.15, 0.2) is 36.4 Å². The highest BCUT2D eigenvalue weighted by molar-refractivity contribution is 5.95. The number of hydrogen-bond donors (Lipinski definition) is 2. The smallest absolute Gasteiger partial charge is 0.239 e. The van der Waals surface area contributed by atoms with Crippen molar-refractivity contribution in [3.63, 3.8) is 0 Å². The van der Waals surface area contributed by atoms with Crippen LogP contribution in [0.5, 0.6) is 11.6 Å². The summed E-state index contributed by atoms with van der Waals surface area (Å²) >= 11 is 0. The Morgan fingerprint density at radius 2 is 1.93 bits per heavy atom. The van der Waals surface area contributed by atoms with Crippen molar-refractivity contribution >= 4 is 28.2 Å². The molecule has 42 heavy (non-hydrogen) atoms. The van der Waals surface area contributed by atoms with Crippen molar-refractivity contribution in [3.8, 4) is 17.7 Å². The number of phenols is 1. The van der Waals surface area contributed by atoms with E-state index in [9.17, 15) is 15.2 Å². The van der Waals surface area contributed by atoms with Crippen molar-refractivity contribution < 1.29 is 14.6 Å². The first-order valence-electron chi connectivity index (χ1n) is 14.9. The minimum atomic E-state index is -0.523. The van der Waals surface area contributed by atoms with Gasteiger partial charge in [-0.1, -0.05) is 24.3 Å². The molecular formula is C32H39N7O3. The molecule has 2 atom stereocenters. The minimum absolute atomic E-state index is 0.0387. The molecule has 10 nitrogen and oxygen atoms in total. The average molecular weight is 570 g/mol.